The van der Waals surface area contributed by atoms with Gasteiger partial charge in [-0.2, -0.15) is 0 Å². The predicted octanol–water partition coefficient (Wildman–Crippen LogP) is 1.13. The molecule has 19 heteroatoms. The standard InChI is InChI=1S/C40H56N8O11/c1-40(2,3)59-38(57)43-26-22-46(20-19-24-12-15-28(47(24)36(26)54)34(52)42-25(37(55)56)13-17-31(41)49)33(51)10-8-6-5-7-9-23-11-14-27-30(21-23)45(4)39(58)48(27)29-16-18-32(50)44-35(29)53/h11,14,21,24-26,28-29H,5-10,12-13,15-20,22H2,1-4H3,(H2,41,49)(H,42,52)(H,43,57)(H,55,56)(H,44,50,53)/t24-,25+,26+,28+,29?/m1/s1. The lowest BCUT2D eigenvalue weighted by atomic mass is 10.0. The number of nitrogens with two attached hydrogens (primary N) is 1. The van der Waals surface area contributed by atoms with Crippen LogP contribution < -0.4 is 27.4 Å². The lowest BCUT2D eigenvalue weighted by molar-refractivity contribution is -0.147. The average molecular weight is 825 g/mol. The van der Waals surface area contributed by atoms with E-state index >= 15 is 0 Å². The number of carbonyl (C=O) groups excluding carboxylic acids is 7. The molecule has 5 atom stereocenters. The molecule has 1 aromatic heterocycles. The van der Waals surface area contributed by atoms with Crippen molar-refractivity contribution in [1.29, 1.82) is 0 Å². The van der Waals surface area contributed by atoms with Crippen LogP contribution in [-0.2, 0) is 51.8 Å². The van der Waals surface area contributed by atoms with E-state index in [0.29, 0.717) is 30.3 Å². The van der Waals surface area contributed by atoms with Crippen molar-refractivity contribution in [2.45, 2.75) is 140 Å². The van der Waals surface area contributed by atoms with Crippen LogP contribution in [-0.4, -0.2) is 114 Å². The molecule has 3 aliphatic rings. The molecular weight excluding hydrogens is 768 g/mol. The van der Waals surface area contributed by atoms with Crippen LogP contribution in [0, 0.1) is 0 Å². The number of unbranched alkanes of at least 4 members (excludes halogenated alkanes) is 3. The average Bonchev–Trinajstić information content (AvgIpc) is 3.68. The summed E-state index contributed by atoms with van der Waals surface area (Å²) in [7, 11) is 1.65. The summed E-state index contributed by atoms with van der Waals surface area (Å²) in [5.41, 5.74) is 6.30. The van der Waals surface area contributed by atoms with Gasteiger partial charge in [0.1, 0.15) is 29.8 Å². The Morgan fingerprint density at radius 1 is 0.966 bits per heavy atom. The number of carbonyl (C=O) groups is 8. The molecule has 0 bridgehead atoms. The Kier molecular flexibility index (Phi) is 14.2. The van der Waals surface area contributed by atoms with Crippen molar-refractivity contribution in [2.75, 3.05) is 13.1 Å². The first-order valence-electron chi connectivity index (χ1n) is 20.3. The van der Waals surface area contributed by atoms with Gasteiger partial charge in [-0.3, -0.25) is 43.2 Å². The highest BCUT2D eigenvalue weighted by Gasteiger charge is 2.46. The van der Waals surface area contributed by atoms with Crippen molar-refractivity contribution in [2.24, 2.45) is 12.8 Å². The second-order valence-electron chi connectivity index (χ2n) is 16.6. The van der Waals surface area contributed by atoms with Gasteiger partial charge in [0.2, 0.25) is 35.4 Å². The molecule has 1 unspecified atom stereocenters. The van der Waals surface area contributed by atoms with Crippen molar-refractivity contribution >= 4 is 58.5 Å². The Balaban J connectivity index is 1.17. The van der Waals surface area contributed by atoms with Crippen LogP contribution in [0.25, 0.3) is 11.0 Å². The first kappa shape index (κ1) is 44.4. The van der Waals surface area contributed by atoms with Gasteiger partial charge in [-0.05, 0) is 89.8 Å². The van der Waals surface area contributed by atoms with Gasteiger partial charge in [0.25, 0.3) is 0 Å². The molecule has 3 aliphatic heterocycles. The van der Waals surface area contributed by atoms with Gasteiger partial charge in [0.05, 0.1) is 17.6 Å². The first-order chi connectivity index (χ1) is 27.8. The van der Waals surface area contributed by atoms with Crippen LogP contribution in [0.2, 0.25) is 0 Å². The number of aliphatic carboxylic acids is 1. The van der Waals surface area contributed by atoms with Gasteiger partial charge in [0, 0.05) is 38.9 Å². The van der Waals surface area contributed by atoms with Crippen molar-refractivity contribution in [3.05, 3.63) is 34.2 Å². The van der Waals surface area contributed by atoms with Crippen molar-refractivity contribution in [1.82, 2.24) is 34.9 Å². The number of aromatic nitrogens is 2. The Hall–Kier alpha value is -5.75. The third-order valence-corrected chi connectivity index (χ3v) is 11.1. The molecule has 0 saturated carbocycles. The van der Waals surface area contributed by atoms with Gasteiger partial charge in [-0.1, -0.05) is 18.9 Å². The minimum absolute atomic E-state index is 0.152. The van der Waals surface area contributed by atoms with Crippen molar-refractivity contribution in [3.63, 3.8) is 0 Å². The number of rotatable bonds is 15. The fourth-order valence-electron chi connectivity index (χ4n) is 8.14. The number of primary amides is 1. The van der Waals surface area contributed by atoms with E-state index < -0.39 is 71.5 Å². The van der Waals surface area contributed by atoms with Gasteiger partial charge in [-0.25, -0.2) is 14.4 Å². The summed E-state index contributed by atoms with van der Waals surface area (Å²) in [5.74, 6) is -4.37. The van der Waals surface area contributed by atoms with Crippen LogP contribution in [0.4, 0.5) is 4.79 Å². The highest BCUT2D eigenvalue weighted by atomic mass is 16.6. The number of imide groups is 1. The van der Waals surface area contributed by atoms with Gasteiger partial charge in [0.15, 0.2) is 0 Å². The fraction of sp³-hybridized carbons (Fsp3) is 0.625. The van der Waals surface area contributed by atoms with E-state index in [1.165, 1.54) is 14.0 Å². The van der Waals surface area contributed by atoms with E-state index in [1.54, 1.807) is 32.7 Å². The maximum absolute atomic E-state index is 14.2. The molecule has 3 saturated heterocycles. The smallest absolute Gasteiger partial charge is 0.408 e. The zero-order valence-electron chi connectivity index (χ0n) is 34.1. The third kappa shape index (κ3) is 11.1. The molecule has 322 valence electrons. The number of amides is 7. The maximum atomic E-state index is 14.2. The number of imidazole rings is 1. The molecule has 6 N–H and O–H groups in total. The number of piperidine rings is 1. The van der Waals surface area contributed by atoms with Crippen molar-refractivity contribution in [3.8, 4) is 0 Å². The number of nitrogens with one attached hydrogen (secondary N) is 3. The molecule has 4 heterocycles. The normalized spacial score (nSPS) is 21.6. The molecule has 0 spiro atoms. The summed E-state index contributed by atoms with van der Waals surface area (Å²) in [5, 5.41) is 17.0. The molecule has 59 heavy (non-hydrogen) atoms. The number of ether oxygens (including phenoxy) is 1. The monoisotopic (exact) mass is 824 g/mol. The van der Waals surface area contributed by atoms with Crippen LogP contribution in [0.15, 0.2) is 23.0 Å². The van der Waals surface area contributed by atoms with Crippen LogP contribution in [0.5, 0.6) is 0 Å². The molecule has 3 fully saturated rings. The zero-order chi connectivity index (χ0) is 43.2. The molecule has 7 amide bonds. The van der Waals surface area contributed by atoms with E-state index in [-0.39, 0.29) is 69.1 Å². The molecular formula is C40H56N8O11. The first-order valence-corrected chi connectivity index (χ1v) is 20.3. The lowest BCUT2D eigenvalue weighted by Gasteiger charge is -2.39. The number of hydrogen-bond acceptors (Lipinski definition) is 10. The highest BCUT2D eigenvalue weighted by Crippen LogP contribution is 2.30. The number of nitrogens with zero attached hydrogens (tertiary/aromatic N) is 4. The predicted molar refractivity (Wildman–Crippen MR) is 211 cm³/mol. The largest absolute Gasteiger partial charge is 0.480 e. The summed E-state index contributed by atoms with van der Waals surface area (Å²) in [6, 6.07) is 0.824. The van der Waals surface area contributed by atoms with Gasteiger partial charge < -0.3 is 36.0 Å². The number of carboxylic acid groups (broad SMARTS) is 1. The Morgan fingerprint density at radius 3 is 2.37 bits per heavy atom. The van der Waals surface area contributed by atoms with Crippen molar-refractivity contribution < 1.29 is 48.2 Å². The van der Waals surface area contributed by atoms with E-state index in [2.05, 4.69) is 16.0 Å². The number of aryl methyl sites for hydroxylation is 2. The van der Waals surface area contributed by atoms with E-state index in [0.717, 1.165) is 31.2 Å². The second kappa shape index (κ2) is 18.9. The number of alkyl carbamates (subject to hydrolysis) is 1. The summed E-state index contributed by atoms with van der Waals surface area (Å²) in [6.45, 7) is 5.12. The minimum Gasteiger partial charge on any atom is -0.480 e. The Labute approximate surface area is 341 Å². The molecule has 0 radical (unpaired) electrons. The molecule has 1 aromatic carbocycles. The molecule has 5 rings (SSSR count). The van der Waals surface area contributed by atoms with E-state index in [1.807, 2.05) is 18.2 Å². The van der Waals surface area contributed by atoms with E-state index in [9.17, 15) is 48.3 Å². The second-order valence-corrected chi connectivity index (χ2v) is 16.6. The van der Waals surface area contributed by atoms with E-state index in [4.69, 9.17) is 10.5 Å². The topological polar surface area (TPSA) is 262 Å². The number of fused-ring (bicyclic) bond motifs is 2. The Morgan fingerprint density at radius 2 is 1.69 bits per heavy atom. The number of hydrogen-bond donors (Lipinski definition) is 5. The van der Waals surface area contributed by atoms with Gasteiger partial charge >= 0.3 is 17.8 Å². The highest BCUT2D eigenvalue weighted by molar-refractivity contribution is 6.00. The van der Waals surface area contributed by atoms with Gasteiger partial charge in [-0.15, -0.1) is 0 Å². The number of carboxylic acids is 1. The molecule has 19 nitrogen and oxygen atoms in total. The third-order valence-electron chi connectivity index (χ3n) is 11.1. The fourth-order valence-corrected chi connectivity index (χ4v) is 8.14. The SMILES string of the molecule is Cn1c(=O)n(C2CCC(=O)NC2=O)c2ccc(CCCCCCC(=O)N3CC[C@H]4CC[C@@H](C(=O)N[C@@H](CCC(N)=O)C(=O)O)N4C(=O)[C@@H](NC(=O)OC(C)(C)C)C3)cc21. The summed E-state index contributed by atoms with van der Waals surface area (Å²) >= 11 is 0. The minimum atomic E-state index is -1.39. The zero-order valence-corrected chi connectivity index (χ0v) is 34.1. The lowest BCUT2D eigenvalue weighted by Crippen LogP contribution is -2.62. The quantitative estimate of drug-likeness (QED) is 0.126. The molecule has 0 aliphatic carbocycles. The Bertz CT molecular complexity index is 2030. The van der Waals surface area contributed by atoms with Crippen LogP contribution >= 0.6 is 0 Å². The number of benzene rings is 1. The summed E-state index contributed by atoms with van der Waals surface area (Å²) < 4.78 is 8.38. The van der Waals surface area contributed by atoms with Crippen LogP contribution in [0.1, 0.15) is 109 Å². The molecule has 2 aromatic rings. The summed E-state index contributed by atoms with van der Waals surface area (Å²) in [4.78, 5) is 117. The van der Waals surface area contributed by atoms with Crippen LogP contribution in [0.3, 0.4) is 0 Å². The summed E-state index contributed by atoms with van der Waals surface area (Å²) in [6.07, 6.45) is 4.05. The maximum Gasteiger partial charge on any atom is 0.408 e.